The molecule has 0 saturated heterocycles. The number of aliphatic hydroxyl groups is 1. The lowest BCUT2D eigenvalue weighted by atomic mass is 10.1. The average Bonchev–Trinajstić information content (AvgIpc) is 2.06. The van der Waals surface area contributed by atoms with E-state index in [9.17, 15) is 4.39 Å². The highest BCUT2D eigenvalue weighted by Gasteiger charge is 2.07. The third-order valence-electron chi connectivity index (χ3n) is 1.82. The van der Waals surface area contributed by atoms with Crippen molar-refractivity contribution in [3.05, 3.63) is 35.6 Å². The topological polar surface area (TPSA) is 47.9 Å². The molecular weight excluding hydrogens is 157 g/mol. The Bertz CT molecular complexity index is 235. The number of aliphatic hydroxyl groups excluding tert-OH is 1. The molecule has 0 unspecified atom stereocenters. The van der Waals surface area contributed by atoms with E-state index < -0.39 is 0 Å². The van der Waals surface area contributed by atoms with Crippen LogP contribution in [-0.2, 0) is 0 Å². The van der Waals surface area contributed by atoms with Crippen LogP contribution in [-0.4, -0.2) is 11.7 Å². The Labute approximate surface area is 70.8 Å². The van der Waals surface area contributed by atoms with Gasteiger partial charge in [0.1, 0.15) is 11.9 Å². The molecule has 4 N–H and O–H groups in total. The normalized spacial score (nSPS) is 12.9. The molecule has 0 aliphatic heterocycles. The highest BCUT2D eigenvalue weighted by atomic mass is 19.1. The van der Waals surface area contributed by atoms with Gasteiger partial charge < -0.3 is 10.8 Å². The van der Waals surface area contributed by atoms with Crippen LogP contribution in [0.3, 0.4) is 0 Å². The highest BCUT2D eigenvalue weighted by Crippen LogP contribution is 2.11. The van der Waals surface area contributed by atoms with Gasteiger partial charge >= 0.3 is 0 Å². The van der Waals surface area contributed by atoms with Gasteiger partial charge in [0.05, 0.1) is 0 Å². The van der Waals surface area contributed by atoms with Gasteiger partial charge in [0.2, 0.25) is 0 Å². The Hall–Kier alpha value is -0.930. The summed E-state index contributed by atoms with van der Waals surface area (Å²) in [5.41, 5.74) is 4.81. The van der Waals surface area contributed by atoms with Crippen LogP contribution in [0.5, 0.6) is 0 Å². The summed E-state index contributed by atoms with van der Waals surface area (Å²) < 4.78 is 12.5. The molecule has 0 aromatic heterocycles. The molecule has 2 nitrogen and oxygen atoms in total. The quantitative estimate of drug-likeness (QED) is 0.681. The van der Waals surface area contributed by atoms with Crippen molar-refractivity contribution in [2.75, 3.05) is 6.61 Å². The number of rotatable bonds is 3. The van der Waals surface area contributed by atoms with Gasteiger partial charge in [-0.1, -0.05) is 12.1 Å². The second kappa shape index (κ2) is 4.18. The van der Waals surface area contributed by atoms with Crippen molar-refractivity contribution in [3.8, 4) is 0 Å². The van der Waals surface area contributed by atoms with Gasteiger partial charge in [-0.3, -0.25) is 0 Å². The van der Waals surface area contributed by atoms with E-state index >= 15 is 0 Å². The molecule has 1 aromatic rings. The van der Waals surface area contributed by atoms with Crippen LogP contribution in [0.25, 0.3) is 0 Å². The van der Waals surface area contributed by atoms with Crippen molar-refractivity contribution in [1.82, 2.24) is 0 Å². The van der Waals surface area contributed by atoms with Crippen molar-refractivity contribution >= 4 is 0 Å². The second-order valence-electron chi connectivity index (χ2n) is 2.76. The standard InChI is InChI=1S/C9H12FNO/c10-8-3-1-7(2-4-8)9(11)5-6-12/h1-4,9,12H,5-6,11H2/p+1/t9-/m1/s1. The van der Waals surface area contributed by atoms with E-state index in [0.717, 1.165) is 5.56 Å². The number of halogens is 1. The first-order valence-electron chi connectivity index (χ1n) is 3.93. The summed E-state index contributed by atoms with van der Waals surface area (Å²) in [6.45, 7) is 0.117. The van der Waals surface area contributed by atoms with Gasteiger partial charge in [-0.15, -0.1) is 0 Å². The van der Waals surface area contributed by atoms with Crippen molar-refractivity contribution in [2.45, 2.75) is 12.5 Å². The summed E-state index contributed by atoms with van der Waals surface area (Å²) in [5.74, 6) is -0.241. The Morgan fingerprint density at radius 3 is 2.42 bits per heavy atom. The van der Waals surface area contributed by atoms with Crippen LogP contribution < -0.4 is 5.73 Å². The van der Waals surface area contributed by atoms with Gasteiger partial charge in [0, 0.05) is 18.6 Å². The Morgan fingerprint density at radius 2 is 1.92 bits per heavy atom. The van der Waals surface area contributed by atoms with Gasteiger partial charge in [-0.2, -0.15) is 0 Å². The number of quaternary nitrogens is 1. The first-order valence-corrected chi connectivity index (χ1v) is 3.93. The molecule has 0 aliphatic rings. The lowest BCUT2D eigenvalue weighted by Gasteiger charge is -2.05. The number of hydrogen-bond donors (Lipinski definition) is 2. The maximum atomic E-state index is 12.5. The fraction of sp³-hybridized carbons (Fsp3) is 0.333. The molecule has 0 saturated carbocycles. The molecule has 0 heterocycles. The van der Waals surface area contributed by atoms with E-state index in [1.54, 1.807) is 12.1 Å². The van der Waals surface area contributed by atoms with Crippen LogP contribution in [0.1, 0.15) is 18.0 Å². The summed E-state index contributed by atoms with van der Waals surface area (Å²) in [6, 6.07) is 6.26. The monoisotopic (exact) mass is 170 g/mol. The molecule has 1 aromatic carbocycles. The van der Waals surface area contributed by atoms with Gasteiger partial charge in [-0.25, -0.2) is 4.39 Å². The van der Waals surface area contributed by atoms with Crippen LogP contribution in [0.15, 0.2) is 24.3 Å². The largest absolute Gasteiger partial charge is 0.396 e. The fourth-order valence-corrected chi connectivity index (χ4v) is 1.06. The molecule has 0 spiro atoms. The summed E-state index contributed by atoms with van der Waals surface area (Å²) in [4.78, 5) is 0. The second-order valence-corrected chi connectivity index (χ2v) is 2.76. The molecule has 0 radical (unpaired) electrons. The summed E-state index contributed by atoms with van der Waals surface area (Å²) in [6.07, 6.45) is 0.617. The molecular formula is C9H13FNO+. The number of benzene rings is 1. The lowest BCUT2D eigenvalue weighted by molar-refractivity contribution is -0.428. The van der Waals surface area contributed by atoms with Crippen LogP contribution in [0, 0.1) is 5.82 Å². The zero-order valence-electron chi connectivity index (χ0n) is 6.83. The van der Waals surface area contributed by atoms with E-state index in [4.69, 9.17) is 5.11 Å². The predicted molar refractivity (Wildman–Crippen MR) is 43.7 cm³/mol. The molecule has 0 aliphatic carbocycles. The maximum absolute atomic E-state index is 12.5. The molecule has 3 heteroatoms. The minimum atomic E-state index is -0.241. The minimum Gasteiger partial charge on any atom is -0.396 e. The first kappa shape index (κ1) is 9.16. The average molecular weight is 170 g/mol. The maximum Gasteiger partial charge on any atom is 0.123 e. The Balaban J connectivity index is 2.68. The predicted octanol–water partition coefficient (Wildman–Crippen LogP) is 0.491. The number of hydrogen-bond acceptors (Lipinski definition) is 1. The molecule has 0 amide bonds. The Kier molecular flexibility index (Phi) is 3.19. The van der Waals surface area contributed by atoms with Gasteiger partial charge in [0.25, 0.3) is 0 Å². The Morgan fingerprint density at radius 1 is 1.33 bits per heavy atom. The van der Waals surface area contributed by atoms with E-state index in [-0.39, 0.29) is 18.5 Å². The van der Waals surface area contributed by atoms with E-state index in [1.807, 2.05) is 0 Å². The molecule has 0 bridgehead atoms. The van der Waals surface area contributed by atoms with E-state index in [2.05, 4.69) is 5.73 Å². The molecule has 1 atom stereocenters. The third-order valence-corrected chi connectivity index (χ3v) is 1.82. The van der Waals surface area contributed by atoms with Crippen molar-refractivity contribution in [3.63, 3.8) is 0 Å². The van der Waals surface area contributed by atoms with Gasteiger partial charge in [-0.05, 0) is 12.1 Å². The SMILES string of the molecule is [NH3+][C@H](CCO)c1ccc(F)cc1. The summed E-state index contributed by atoms with van der Waals surface area (Å²) in [5, 5.41) is 8.64. The zero-order valence-corrected chi connectivity index (χ0v) is 6.83. The zero-order chi connectivity index (χ0) is 8.97. The molecule has 1 rings (SSSR count). The van der Waals surface area contributed by atoms with Gasteiger partial charge in [0.15, 0.2) is 0 Å². The van der Waals surface area contributed by atoms with Crippen molar-refractivity contribution in [1.29, 1.82) is 0 Å². The van der Waals surface area contributed by atoms with Crippen LogP contribution in [0.4, 0.5) is 4.39 Å². The minimum absolute atomic E-state index is 0.0515. The molecule has 12 heavy (non-hydrogen) atoms. The van der Waals surface area contributed by atoms with Crippen molar-refractivity contribution < 1.29 is 15.2 Å². The van der Waals surface area contributed by atoms with Crippen LogP contribution in [0.2, 0.25) is 0 Å². The van der Waals surface area contributed by atoms with Crippen molar-refractivity contribution in [2.24, 2.45) is 0 Å². The summed E-state index contributed by atoms with van der Waals surface area (Å²) >= 11 is 0. The summed E-state index contributed by atoms with van der Waals surface area (Å²) in [7, 11) is 0. The smallest absolute Gasteiger partial charge is 0.123 e. The first-order chi connectivity index (χ1) is 5.74. The fourth-order valence-electron chi connectivity index (χ4n) is 1.06. The van der Waals surface area contributed by atoms with E-state index in [0.29, 0.717) is 6.42 Å². The lowest BCUT2D eigenvalue weighted by Crippen LogP contribution is -2.53. The molecule has 0 fully saturated rings. The third kappa shape index (κ3) is 2.29. The van der Waals surface area contributed by atoms with E-state index in [1.165, 1.54) is 12.1 Å². The highest BCUT2D eigenvalue weighted by molar-refractivity contribution is 5.17. The van der Waals surface area contributed by atoms with Crippen LogP contribution >= 0.6 is 0 Å². The molecule has 66 valence electrons.